The van der Waals surface area contributed by atoms with E-state index in [1.54, 1.807) is 11.3 Å². The maximum Gasteiger partial charge on any atom is 0.162 e. The van der Waals surface area contributed by atoms with Crippen molar-refractivity contribution in [3.05, 3.63) is 29.0 Å². The largest absolute Gasteiger partial charge is 0.459 e. The third-order valence-corrected chi connectivity index (χ3v) is 3.73. The first-order valence-corrected chi connectivity index (χ1v) is 6.63. The summed E-state index contributed by atoms with van der Waals surface area (Å²) in [5, 5.41) is 12.3. The smallest absolute Gasteiger partial charge is 0.162 e. The summed E-state index contributed by atoms with van der Waals surface area (Å²) >= 11 is 1.56. The van der Waals surface area contributed by atoms with Crippen molar-refractivity contribution < 1.29 is 9.52 Å². The van der Waals surface area contributed by atoms with Crippen LogP contribution in [-0.2, 0) is 0 Å². The fourth-order valence-corrected chi connectivity index (χ4v) is 2.61. The molecule has 1 unspecified atom stereocenters. The van der Waals surface area contributed by atoms with E-state index in [9.17, 15) is 5.11 Å². The van der Waals surface area contributed by atoms with Gasteiger partial charge in [0, 0.05) is 11.3 Å². The average Bonchev–Trinajstić information content (AvgIpc) is 2.87. The highest BCUT2D eigenvalue weighted by molar-refractivity contribution is 7.13. The summed E-state index contributed by atoms with van der Waals surface area (Å²) in [6.07, 6.45) is 0. The van der Waals surface area contributed by atoms with Gasteiger partial charge in [-0.3, -0.25) is 0 Å². The number of nitrogens with zero attached hydrogens (tertiary/aromatic N) is 1. The molecule has 3 nitrogen and oxygen atoms in total. The van der Waals surface area contributed by atoms with Crippen LogP contribution in [0.3, 0.4) is 0 Å². The lowest BCUT2D eigenvalue weighted by atomic mass is 9.94. The van der Waals surface area contributed by atoms with E-state index < -0.39 is 0 Å². The Hall–Kier alpha value is -1.13. The topological polar surface area (TPSA) is 46.3 Å². The van der Waals surface area contributed by atoms with Gasteiger partial charge >= 0.3 is 0 Å². The van der Waals surface area contributed by atoms with Crippen molar-refractivity contribution in [2.24, 2.45) is 5.92 Å². The first-order chi connectivity index (χ1) is 8.11. The molecule has 17 heavy (non-hydrogen) atoms. The number of hydrogen-bond acceptors (Lipinski definition) is 4. The van der Waals surface area contributed by atoms with Crippen molar-refractivity contribution in [1.82, 2.24) is 4.98 Å². The predicted molar refractivity (Wildman–Crippen MR) is 69.2 cm³/mol. The molecule has 0 radical (unpaired) electrons. The van der Waals surface area contributed by atoms with E-state index in [2.05, 4.69) is 18.8 Å². The van der Waals surface area contributed by atoms with Gasteiger partial charge in [-0.2, -0.15) is 0 Å². The third kappa shape index (κ3) is 2.58. The minimum absolute atomic E-state index is 0.107. The Bertz CT molecular complexity index is 487. The summed E-state index contributed by atoms with van der Waals surface area (Å²) in [7, 11) is 0. The maximum atomic E-state index is 9.38. The van der Waals surface area contributed by atoms with Gasteiger partial charge in [0.25, 0.3) is 0 Å². The standard InChI is InChI=1S/C13H17NO2S/c1-8(2)10(6-15)11-7-17-13(14-11)12-5-4-9(3)16-12/h4-5,7-8,10,15H,6H2,1-3H3. The van der Waals surface area contributed by atoms with Crippen molar-refractivity contribution in [3.8, 4) is 10.8 Å². The molecule has 0 saturated heterocycles. The second kappa shape index (κ2) is 5.02. The molecule has 0 aliphatic heterocycles. The zero-order chi connectivity index (χ0) is 12.4. The molecule has 2 rings (SSSR count). The summed E-state index contributed by atoms with van der Waals surface area (Å²) in [5.41, 5.74) is 0.955. The predicted octanol–water partition coefficient (Wildman–Crippen LogP) is 3.44. The Morgan fingerprint density at radius 1 is 1.41 bits per heavy atom. The van der Waals surface area contributed by atoms with Crippen LogP contribution in [-0.4, -0.2) is 16.7 Å². The number of furan rings is 1. The van der Waals surface area contributed by atoms with Crippen molar-refractivity contribution in [2.75, 3.05) is 6.61 Å². The van der Waals surface area contributed by atoms with Gasteiger partial charge in [0.15, 0.2) is 10.8 Å². The molecule has 0 amide bonds. The van der Waals surface area contributed by atoms with E-state index in [-0.39, 0.29) is 12.5 Å². The van der Waals surface area contributed by atoms with Crippen LogP contribution in [0.1, 0.15) is 31.2 Å². The summed E-state index contributed by atoms with van der Waals surface area (Å²) in [4.78, 5) is 4.55. The SMILES string of the molecule is Cc1ccc(-c2nc(C(CO)C(C)C)cs2)o1. The van der Waals surface area contributed by atoms with Gasteiger partial charge in [0.1, 0.15) is 5.76 Å². The zero-order valence-corrected chi connectivity index (χ0v) is 11.1. The summed E-state index contributed by atoms with van der Waals surface area (Å²) in [6.45, 7) is 6.24. The van der Waals surface area contributed by atoms with Crippen LogP contribution in [0.4, 0.5) is 0 Å². The fourth-order valence-electron chi connectivity index (χ4n) is 1.76. The number of hydrogen-bond donors (Lipinski definition) is 1. The molecule has 0 aliphatic carbocycles. The molecule has 0 spiro atoms. The molecule has 4 heteroatoms. The summed E-state index contributed by atoms with van der Waals surface area (Å²) < 4.78 is 5.54. The maximum absolute atomic E-state index is 9.38. The van der Waals surface area contributed by atoms with Crippen molar-refractivity contribution in [1.29, 1.82) is 0 Å². The van der Waals surface area contributed by atoms with Crippen LogP contribution in [0.25, 0.3) is 10.8 Å². The molecule has 92 valence electrons. The molecule has 0 saturated carbocycles. The number of aryl methyl sites for hydroxylation is 1. The molecule has 1 N–H and O–H groups in total. The van der Waals surface area contributed by atoms with Gasteiger partial charge in [-0.15, -0.1) is 11.3 Å². The molecule has 0 aromatic carbocycles. The first kappa shape index (κ1) is 12.3. The van der Waals surface area contributed by atoms with Gasteiger partial charge in [-0.1, -0.05) is 13.8 Å². The Labute approximate surface area is 105 Å². The van der Waals surface area contributed by atoms with Gasteiger partial charge in [0.05, 0.1) is 12.3 Å². The van der Waals surface area contributed by atoms with E-state index >= 15 is 0 Å². The van der Waals surface area contributed by atoms with E-state index in [4.69, 9.17) is 4.42 Å². The quantitative estimate of drug-likeness (QED) is 0.905. The molecule has 0 aliphatic rings. The van der Waals surface area contributed by atoms with E-state index in [1.807, 2.05) is 24.4 Å². The number of aromatic nitrogens is 1. The number of rotatable bonds is 4. The third-order valence-electron chi connectivity index (χ3n) is 2.85. The van der Waals surface area contributed by atoms with Crippen LogP contribution in [0, 0.1) is 12.8 Å². The Morgan fingerprint density at radius 3 is 2.71 bits per heavy atom. The lowest BCUT2D eigenvalue weighted by molar-refractivity contribution is 0.235. The number of aliphatic hydroxyl groups excluding tert-OH is 1. The molecule has 1 atom stereocenters. The first-order valence-electron chi connectivity index (χ1n) is 5.75. The number of aliphatic hydroxyl groups is 1. The molecule has 0 bridgehead atoms. The minimum Gasteiger partial charge on any atom is -0.459 e. The number of thiazole rings is 1. The summed E-state index contributed by atoms with van der Waals surface area (Å²) in [5.74, 6) is 2.18. The van der Waals surface area contributed by atoms with Gasteiger partial charge in [0.2, 0.25) is 0 Å². The molecule has 2 aromatic rings. The Balaban J connectivity index is 2.26. The second-order valence-electron chi connectivity index (χ2n) is 4.52. The van der Waals surface area contributed by atoms with E-state index in [0.717, 1.165) is 22.2 Å². The molecule has 2 aromatic heterocycles. The molecule has 0 fully saturated rings. The fraction of sp³-hybridized carbons (Fsp3) is 0.462. The highest BCUT2D eigenvalue weighted by Gasteiger charge is 2.19. The average molecular weight is 251 g/mol. The minimum atomic E-state index is 0.107. The van der Waals surface area contributed by atoms with E-state index in [1.165, 1.54) is 0 Å². The monoisotopic (exact) mass is 251 g/mol. The molecular formula is C13H17NO2S. The van der Waals surface area contributed by atoms with Crippen molar-refractivity contribution in [3.63, 3.8) is 0 Å². The van der Waals surface area contributed by atoms with Gasteiger partial charge in [-0.05, 0) is 25.0 Å². The normalized spacial score (nSPS) is 13.2. The highest BCUT2D eigenvalue weighted by Crippen LogP contribution is 2.30. The van der Waals surface area contributed by atoms with Gasteiger partial charge < -0.3 is 9.52 Å². The van der Waals surface area contributed by atoms with Crippen LogP contribution in [0.15, 0.2) is 21.9 Å². The van der Waals surface area contributed by atoms with Crippen molar-refractivity contribution >= 4 is 11.3 Å². The van der Waals surface area contributed by atoms with E-state index in [0.29, 0.717) is 5.92 Å². The second-order valence-corrected chi connectivity index (χ2v) is 5.38. The lowest BCUT2D eigenvalue weighted by Gasteiger charge is -2.15. The van der Waals surface area contributed by atoms with Crippen LogP contribution in [0.5, 0.6) is 0 Å². The molecular weight excluding hydrogens is 234 g/mol. The van der Waals surface area contributed by atoms with Crippen LogP contribution >= 0.6 is 11.3 Å². The van der Waals surface area contributed by atoms with Gasteiger partial charge in [-0.25, -0.2) is 4.98 Å². The Kier molecular flexibility index (Phi) is 3.64. The molecule has 2 heterocycles. The zero-order valence-electron chi connectivity index (χ0n) is 10.3. The lowest BCUT2D eigenvalue weighted by Crippen LogP contribution is -2.11. The van der Waals surface area contributed by atoms with Crippen LogP contribution < -0.4 is 0 Å². The summed E-state index contributed by atoms with van der Waals surface area (Å²) in [6, 6.07) is 3.86. The highest BCUT2D eigenvalue weighted by atomic mass is 32.1. The Morgan fingerprint density at radius 2 is 2.18 bits per heavy atom. The van der Waals surface area contributed by atoms with Crippen LogP contribution in [0.2, 0.25) is 0 Å². The van der Waals surface area contributed by atoms with Crippen molar-refractivity contribution in [2.45, 2.75) is 26.7 Å².